The summed E-state index contributed by atoms with van der Waals surface area (Å²) in [5, 5.41) is 0. The van der Waals surface area contributed by atoms with Crippen LogP contribution in [0.15, 0.2) is 0 Å². The largest absolute Gasteiger partial charge is 0.0496 e. The molecule has 0 aromatic heterocycles. The number of rotatable bonds is 4. The van der Waals surface area contributed by atoms with Gasteiger partial charge in [0.05, 0.1) is 0 Å². The highest BCUT2D eigenvalue weighted by molar-refractivity contribution is 5.14. The van der Waals surface area contributed by atoms with Gasteiger partial charge >= 0.3 is 0 Å². The molecule has 0 radical (unpaired) electrons. The summed E-state index contributed by atoms with van der Waals surface area (Å²) < 4.78 is 0. The van der Waals surface area contributed by atoms with Gasteiger partial charge in [0.25, 0.3) is 0 Å². The minimum Gasteiger partial charge on any atom is -0.0496 e. The van der Waals surface area contributed by atoms with E-state index in [1.165, 1.54) is 23.7 Å². The lowest BCUT2D eigenvalue weighted by molar-refractivity contribution is 0.117. The summed E-state index contributed by atoms with van der Waals surface area (Å²) in [6, 6.07) is 0. The zero-order valence-corrected chi connectivity index (χ0v) is 8.47. The van der Waals surface area contributed by atoms with Crippen LogP contribution in [0.2, 0.25) is 0 Å². The third-order valence-electron chi connectivity index (χ3n) is 5.14. The maximum Gasteiger partial charge on any atom is -0.0184 e. The van der Waals surface area contributed by atoms with Crippen LogP contribution in [-0.4, -0.2) is 0 Å². The van der Waals surface area contributed by atoms with Gasteiger partial charge in [-0.25, -0.2) is 0 Å². The van der Waals surface area contributed by atoms with Crippen molar-refractivity contribution >= 4 is 0 Å². The first-order chi connectivity index (χ1) is 6.42. The Balaban J connectivity index is 1.71. The van der Waals surface area contributed by atoms with Gasteiger partial charge in [-0.2, -0.15) is 0 Å². The van der Waals surface area contributed by atoms with Crippen LogP contribution < -0.4 is 0 Å². The molecule has 0 atom stereocenters. The SMILES string of the molecule is C1CC1C(C1CC1)(C1CC1)C1CC1. The van der Waals surface area contributed by atoms with Crippen molar-refractivity contribution in [3.05, 3.63) is 0 Å². The fraction of sp³-hybridized carbons (Fsp3) is 1.00. The minimum atomic E-state index is 0.944. The highest BCUT2D eigenvalue weighted by Crippen LogP contribution is 2.74. The van der Waals surface area contributed by atoms with E-state index in [0.29, 0.717) is 0 Å². The second kappa shape index (κ2) is 2.15. The summed E-state index contributed by atoms with van der Waals surface area (Å²) in [6.07, 6.45) is 12.8. The zero-order valence-electron chi connectivity index (χ0n) is 8.47. The van der Waals surface area contributed by atoms with Gasteiger partial charge in [-0.3, -0.25) is 0 Å². The smallest absolute Gasteiger partial charge is 0.0184 e. The maximum absolute atomic E-state index is 1.60. The molecule has 4 aliphatic rings. The fourth-order valence-electron chi connectivity index (χ4n) is 4.33. The topological polar surface area (TPSA) is 0 Å². The molecule has 0 heterocycles. The van der Waals surface area contributed by atoms with E-state index in [2.05, 4.69) is 0 Å². The Hall–Kier alpha value is 0. The maximum atomic E-state index is 1.60. The first-order valence-electron chi connectivity index (χ1n) is 6.42. The highest BCUT2D eigenvalue weighted by Gasteiger charge is 2.65. The quantitative estimate of drug-likeness (QED) is 0.614. The van der Waals surface area contributed by atoms with Crippen LogP contribution in [0.4, 0.5) is 0 Å². The third-order valence-corrected chi connectivity index (χ3v) is 5.14. The summed E-state index contributed by atoms with van der Waals surface area (Å²) in [5.41, 5.74) is 0.944. The van der Waals surface area contributed by atoms with Crippen LogP contribution in [0.5, 0.6) is 0 Å². The van der Waals surface area contributed by atoms with Gasteiger partial charge in [-0.1, -0.05) is 0 Å². The summed E-state index contributed by atoms with van der Waals surface area (Å²) >= 11 is 0. The Kier molecular flexibility index (Phi) is 1.21. The standard InChI is InChI=1S/C13H20/c1-2-9(1)13(10-3-4-10,11-5-6-11)12-7-8-12/h9-12H,1-8H2. The van der Waals surface area contributed by atoms with Gasteiger partial charge in [-0.05, 0) is 80.5 Å². The molecule has 0 bridgehead atoms. The van der Waals surface area contributed by atoms with E-state index in [1.54, 1.807) is 51.4 Å². The number of hydrogen-bond donors (Lipinski definition) is 0. The van der Waals surface area contributed by atoms with Gasteiger partial charge in [0, 0.05) is 0 Å². The Morgan fingerprint density at radius 1 is 0.462 bits per heavy atom. The number of hydrogen-bond acceptors (Lipinski definition) is 0. The first-order valence-corrected chi connectivity index (χ1v) is 6.42. The molecule has 0 spiro atoms. The van der Waals surface area contributed by atoms with Gasteiger partial charge in [0.15, 0.2) is 0 Å². The average molecular weight is 176 g/mol. The normalized spacial score (nSPS) is 35.1. The monoisotopic (exact) mass is 176 g/mol. The molecule has 0 unspecified atom stereocenters. The summed E-state index contributed by atoms with van der Waals surface area (Å²) in [7, 11) is 0. The van der Waals surface area contributed by atoms with Gasteiger partial charge in [-0.15, -0.1) is 0 Å². The molecule has 0 amide bonds. The molecule has 0 aliphatic heterocycles. The second-order valence-electron chi connectivity index (χ2n) is 6.10. The van der Waals surface area contributed by atoms with Crippen molar-refractivity contribution in [1.82, 2.24) is 0 Å². The molecule has 0 aromatic rings. The van der Waals surface area contributed by atoms with E-state index in [9.17, 15) is 0 Å². The minimum absolute atomic E-state index is 0.944. The molecule has 72 valence electrons. The molecular formula is C13H20. The van der Waals surface area contributed by atoms with Crippen LogP contribution in [0.1, 0.15) is 51.4 Å². The molecular weight excluding hydrogens is 156 g/mol. The zero-order chi connectivity index (χ0) is 8.47. The molecule has 0 nitrogen and oxygen atoms in total. The molecule has 4 saturated carbocycles. The Bertz CT molecular complexity index is 173. The molecule has 0 N–H and O–H groups in total. The Morgan fingerprint density at radius 2 is 0.692 bits per heavy atom. The molecule has 0 aromatic carbocycles. The lowest BCUT2D eigenvalue weighted by atomic mass is 9.69. The van der Waals surface area contributed by atoms with Crippen molar-refractivity contribution in [2.75, 3.05) is 0 Å². The third kappa shape index (κ3) is 0.926. The fourth-order valence-corrected chi connectivity index (χ4v) is 4.33. The van der Waals surface area contributed by atoms with E-state index in [-0.39, 0.29) is 0 Å². The van der Waals surface area contributed by atoms with E-state index in [1.807, 2.05) is 0 Å². The van der Waals surface area contributed by atoms with E-state index < -0.39 is 0 Å². The van der Waals surface area contributed by atoms with Crippen molar-refractivity contribution in [1.29, 1.82) is 0 Å². The Labute approximate surface area is 81.1 Å². The van der Waals surface area contributed by atoms with Crippen molar-refractivity contribution in [3.63, 3.8) is 0 Å². The summed E-state index contributed by atoms with van der Waals surface area (Å²) in [6.45, 7) is 0. The Morgan fingerprint density at radius 3 is 0.846 bits per heavy atom. The van der Waals surface area contributed by atoms with Gasteiger partial charge in [0.1, 0.15) is 0 Å². The molecule has 13 heavy (non-hydrogen) atoms. The molecule has 4 aliphatic carbocycles. The van der Waals surface area contributed by atoms with Crippen LogP contribution >= 0.6 is 0 Å². The van der Waals surface area contributed by atoms with Crippen LogP contribution in [0.3, 0.4) is 0 Å². The molecule has 4 fully saturated rings. The van der Waals surface area contributed by atoms with Crippen LogP contribution in [-0.2, 0) is 0 Å². The lowest BCUT2D eigenvalue weighted by Crippen LogP contribution is -2.31. The van der Waals surface area contributed by atoms with Crippen molar-refractivity contribution in [3.8, 4) is 0 Å². The van der Waals surface area contributed by atoms with Gasteiger partial charge in [0.2, 0.25) is 0 Å². The lowest BCUT2D eigenvalue weighted by Gasteiger charge is -2.35. The summed E-state index contributed by atoms with van der Waals surface area (Å²) in [4.78, 5) is 0. The van der Waals surface area contributed by atoms with E-state index >= 15 is 0 Å². The van der Waals surface area contributed by atoms with Crippen molar-refractivity contribution in [2.24, 2.45) is 29.1 Å². The van der Waals surface area contributed by atoms with E-state index in [0.717, 1.165) is 5.41 Å². The molecule has 4 rings (SSSR count). The van der Waals surface area contributed by atoms with Crippen molar-refractivity contribution < 1.29 is 0 Å². The van der Waals surface area contributed by atoms with E-state index in [4.69, 9.17) is 0 Å². The summed E-state index contributed by atoms with van der Waals surface area (Å²) in [5.74, 6) is 4.83. The predicted molar refractivity (Wildman–Crippen MR) is 53.3 cm³/mol. The molecule has 0 saturated heterocycles. The average Bonchev–Trinajstić information content (AvgIpc) is 3.00. The van der Waals surface area contributed by atoms with Crippen LogP contribution in [0.25, 0.3) is 0 Å². The second-order valence-corrected chi connectivity index (χ2v) is 6.10. The van der Waals surface area contributed by atoms with Gasteiger partial charge < -0.3 is 0 Å². The highest BCUT2D eigenvalue weighted by atomic mass is 14.7. The molecule has 0 heteroatoms. The predicted octanol–water partition coefficient (Wildman–Crippen LogP) is 3.61. The van der Waals surface area contributed by atoms with Crippen LogP contribution in [0, 0.1) is 29.1 Å². The first kappa shape index (κ1) is 7.31. The van der Waals surface area contributed by atoms with Crippen molar-refractivity contribution in [2.45, 2.75) is 51.4 Å².